The highest BCUT2D eigenvalue weighted by Crippen LogP contribution is 2.68. The molecular weight excluding hydrogens is 396 g/mol. The molecule has 4 aliphatic carbocycles. The smallest absolute Gasteiger partial charge is 0.0602 e. The summed E-state index contributed by atoms with van der Waals surface area (Å²) in [5.74, 6) is 4.17. The van der Waals surface area contributed by atoms with Gasteiger partial charge in [0.15, 0.2) is 0 Å². The van der Waals surface area contributed by atoms with E-state index in [-0.39, 0.29) is 17.6 Å². The molecule has 0 aromatic heterocycles. The number of unbranched alkanes of at least 4 members (excludes halogenated alkanes) is 1. The van der Waals surface area contributed by atoms with Gasteiger partial charge < -0.3 is 21.3 Å². The molecule has 4 nitrogen and oxygen atoms in total. The fourth-order valence-corrected chi connectivity index (χ4v) is 9.43. The van der Waals surface area contributed by atoms with Gasteiger partial charge >= 0.3 is 0 Å². The van der Waals surface area contributed by atoms with Gasteiger partial charge in [-0.2, -0.15) is 0 Å². The topological polar surface area (TPSA) is 78.5 Å². The molecule has 0 amide bonds. The van der Waals surface area contributed by atoms with Crippen molar-refractivity contribution in [3.8, 4) is 0 Å². The zero-order valence-electron chi connectivity index (χ0n) is 21.2. The summed E-state index contributed by atoms with van der Waals surface area (Å²) in [4.78, 5) is 0. The Morgan fingerprint density at radius 3 is 2.50 bits per heavy atom. The molecular formula is C28H52N2O2. The van der Waals surface area contributed by atoms with E-state index in [2.05, 4.69) is 26.1 Å². The number of hydrogen-bond donors (Lipinski definition) is 4. The number of aliphatic hydroxyl groups is 2. The van der Waals surface area contributed by atoms with Crippen molar-refractivity contribution < 1.29 is 10.2 Å². The highest BCUT2D eigenvalue weighted by molar-refractivity contribution is 5.12. The number of aliphatic hydroxyl groups excluding tert-OH is 2. The minimum atomic E-state index is -0.152. The molecule has 0 radical (unpaired) electrons. The van der Waals surface area contributed by atoms with Crippen LogP contribution in [0.3, 0.4) is 0 Å². The summed E-state index contributed by atoms with van der Waals surface area (Å²) in [6.07, 6.45) is 14.0. The molecule has 0 aromatic carbocycles. The minimum Gasteiger partial charge on any atom is -0.393 e. The fourth-order valence-electron chi connectivity index (χ4n) is 9.43. The van der Waals surface area contributed by atoms with Crippen molar-refractivity contribution in [1.82, 2.24) is 5.32 Å². The first-order valence-electron chi connectivity index (χ1n) is 14.1. The van der Waals surface area contributed by atoms with Gasteiger partial charge in [-0.15, -0.1) is 0 Å². The van der Waals surface area contributed by atoms with E-state index in [1.54, 1.807) is 0 Å². The van der Waals surface area contributed by atoms with E-state index in [1.807, 2.05) is 0 Å². The second kappa shape index (κ2) is 10.2. The maximum atomic E-state index is 11.7. The average Bonchev–Trinajstić information content (AvgIpc) is 3.13. The summed E-state index contributed by atoms with van der Waals surface area (Å²) in [7, 11) is 0. The third-order valence-corrected chi connectivity index (χ3v) is 11.3. The summed E-state index contributed by atoms with van der Waals surface area (Å²) in [6, 6.07) is 0. The second-order valence-corrected chi connectivity index (χ2v) is 12.8. The standard InChI is InChI=1S/C28H52N2O2/c1-19(7-6-16-30-15-5-4-14-29)23-10-11-24-22-9-8-20-17-21(31)12-13-27(20,2)25(22)18-26(32)28(23,24)3/h19-26,30-32H,4-18,29H2,1-3H3/t19-,20-,21-,22+,23-,24+,25+,26+,27+,28-/m1/s1. The molecule has 4 aliphatic rings. The molecule has 0 aliphatic heterocycles. The van der Waals surface area contributed by atoms with E-state index in [1.165, 1.54) is 44.9 Å². The Kier molecular flexibility index (Phi) is 7.97. The molecule has 4 heteroatoms. The minimum absolute atomic E-state index is 0.0877. The molecule has 32 heavy (non-hydrogen) atoms. The van der Waals surface area contributed by atoms with Crippen molar-refractivity contribution in [3.05, 3.63) is 0 Å². The van der Waals surface area contributed by atoms with Gasteiger partial charge in [-0.1, -0.05) is 20.8 Å². The van der Waals surface area contributed by atoms with Crippen LogP contribution in [0, 0.1) is 46.3 Å². The first-order chi connectivity index (χ1) is 15.3. The first-order valence-corrected chi connectivity index (χ1v) is 14.1. The molecule has 0 spiro atoms. The third-order valence-electron chi connectivity index (χ3n) is 11.3. The average molecular weight is 449 g/mol. The number of fused-ring (bicyclic) bond motifs is 5. The molecule has 0 heterocycles. The lowest BCUT2D eigenvalue weighted by molar-refractivity contribution is -0.174. The van der Waals surface area contributed by atoms with Crippen molar-refractivity contribution >= 4 is 0 Å². The van der Waals surface area contributed by atoms with E-state index in [0.29, 0.717) is 35.0 Å². The van der Waals surface area contributed by atoms with Gasteiger partial charge in [0, 0.05) is 0 Å². The molecule has 4 saturated carbocycles. The molecule has 5 N–H and O–H groups in total. The molecule has 10 atom stereocenters. The summed E-state index contributed by atoms with van der Waals surface area (Å²) in [6.45, 7) is 10.5. The molecule has 4 rings (SSSR count). The number of nitrogens with one attached hydrogen (secondary N) is 1. The summed E-state index contributed by atoms with van der Waals surface area (Å²) in [5, 5.41) is 25.5. The number of hydrogen-bond acceptors (Lipinski definition) is 4. The van der Waals surface area contributed by atoms with Gasteiger partial charge in [-0.25, -0.2) is 0 Å². The largest absolute Gasteiger partial charge is 0.393 e. The molecule has 0 saturated heterocycles. The summed E-state index contributed by atoms with van der Waals surface area (Å²) < 4.78 is 0. The van der Waals surface area contributed by atoms with Gasteiger partial charge in [0.1, 0.15) is 0 Å². The van der Waals surface area contributed by atoms with Crippen molar-refractivity contribution in [3.63, 3.8) is 0 Å². The number of rotatable bonds is 9. The van der Waals surface area contributed by atoms with E-state index in [9.17, 15) is 10.2 Å². The number of nitrogens with two attached hydrogens (primary N) is 1. The van der Waals surface area contributed by atoms with Crippen LogP contribution >= 0.6 is 0 Å². The van der Waals surface area contributed by atoms with E-state index < -0.39 is 0 Å². The Morgan fingerprint density at radius 1 is 0.938 bits per heavy atom. The molecule has 186 valence electrons. The normalized spacial score (nSPS) is 46.9. The monoisotopic (exact) mass is 448 g/mol. The third kappa shape index (κ3) is 4.43. The van der Waals surface area contributed by atoms with Crippen LogP contribution in [0.5, 0.6) is 0 Å². The van der Waals surface area contributed by atoms with Crippen LogP contribution in [0.1, 0.15) is 97.8 Å². The van der Waals surface area contributed by atoms with Crippen molar-refractivity contribution in [2.45, 2.75) is 110 Å². The lowest BCUT2D eigenvalue weighted by atomic mass is 9.43. The Balaban J connectivity index is 1.37. The second-order valence-electron chi connectivity index (χ2n) is 12.8. The lowest BCUT2D eigenvalue weighted by Gasteiger charge is -2.62. The highest BCUT2D eigenvalue weighted by Gasteiger charge is 2.63. The van der Waals surface area contributed by atoms with Crippen molar-refractivity contribution in [2.24, 2.45) is 52.1 Å². The van der Waals surface area contributed by atoms with Crippen LogP contribution in [0.25, 0.3) is 0 Å². The van der Waals surface area contributed by atoms with E-state index in [4.69, 9.17) is 5.73 Å². The fraction of sp³-hybridized carbons (Fsp3) is 1.00. The predicted molar refractivity (Wildman–Crippen MR) is 132 cm³/mol. The quantitative estimate of drug-likeness (QED) is 0.385. The highest BCUT2D eigenvalue weighted by atomic mass is 16.3. The van der Waals surface area contributed by atoms with Crippen LogP contribution in [-0.2, 0) is 0 Å². The first kappa shape index (κ1) is 24.9. The molecule has 4 fully saturated rings. The van der Waals surface area contributed by atoms with E-state index >= 15 is 0 Å². The predicted octanol–water partition coefficient (Wildman–Crippen LogP) is 4.72. The maximum Gasteiger partial charge on any atom is 0.0602 e. The van der Waals surface area contributed by atoms with Crippen LogP contribution < -0.4 is 11.1 Å². The van der Waals surface area contributed by atoms with Crippen molar-refractivity contribution in [1.29, 1.82) is 0 Å². The lowest BCUT2D eigenvalue weighted by Crippen LogP contribution is -2.58. The van der Waals surface area contributed by atoms with Crippen LogP contribution in [0.2, 0.25) is 0 Å². The zero-order chi connectivity index (χ0) is 22.9. The zero-order valence-corrected chi connectivity index (χ0v) is 21.2. The Hall–Kier alpha value is -0.160. The Labute approximate surface area is 197 Å². The van der Waals surface area contributed by atoms with Gasteiger partial charge in [0.05, 0.1) is 12.2 Å². The SMILES string of the molecule is C[C@H](CCCNCCCCN)[C@H]1CC[C@H]2[C@@H]3CC[C@@H]4C[C@H](O)CC[C@]4(C)[C@H]3C[C@H](O)[C@]12C. The summed E-state index contributed by atoms with van der Waals surface area (Å²) >= 11 is 0. The van der Waals surface area contributed by atoms with E-state index in [0.717, 1.165) is 57.7 Å². The van der Waals surface area contributed by atoms with Crippen LogP contribution in [0.4, 0.5) is 0 Å². The van der Waals surface area contributed by atoms with Gasteiger partial charge in [0.25, 0.3) is 0 Å². The van der Waals surface area contributed by atoms with Crippen molar-refractivity contribution in [2.75, 3.05) is 19.6 Å². The Bertz CT molecular complexity index is 614. The van der Waals surface area contributed by atoms with Gasteiger partial charge in [0.2, 0.25) is 0 Å². The van der Waals surface area contributed by atoms with Crippen LogP contribution in [-0.4, -0.2) is 42.1 Å². The molecule has 0 bridgehead atoms. The maximum absolute atomic E-state index is 11.7. The van der Waals surface area contributed by atoms with Gasteiger partial charge in [-0.3, -0.25) is 0 Å². The van der Waals surface area contributed by atoms with Crippen LogP contribution in [0.15, 0.2) is 0 Å². The van der Waals surface area contributed by atoms with Gasteiger partial charge in [-0.05, 0) is 143 Å². The Morgan fingerprint density at radius 2 is 1.72 bits per heavy atom. The molecule has 0 aromatic rings. The summed E-state index contributed by atoms with van der Waals surface area (Å²) in [5.41, 5.74) is 6.02. The molecule has 0 unspecified atom stereocenters.